The number of hydrogen-bond acceptors (Lipinski definition) is 4. The number of hydrogen-bond donors (Lipinski definition) is 1. The minimum atomic E-state index is -3.54. The summed E-state index contributed by atoms with van der Waals surface area (Å²) in [5.74, 6) is 4.34. The number of fused-ring (bicyclic) bond motifs is 1. The molecule has 0 fully saturated rings. The monoisotopic (exact) mass is 229 g/mol. The summed E-state index contributed by atoms with van der Waals surface area (Å²) in [5, 5.41) is 0. The first-order valence-corrected chi connectivity index (χ1v) is 5.61. The summed E-state index contributed by atoms with van der Waals surface area (Å²) in [6.07, 6.45) is 1.36. The van der Waals surface area contributed by atoms with E-state index in [1.54, 1.807) is 0 Å². The van der Waals surface area contributed by atoms with E-state index in [0.717, 1.165) is 12.1 Å². The Morgan fingerprint density at radius 2 is 2.13 bits per heavy atom. The van der Waals surface area contributed by atoms with E-state index in [1.807, 2.05) is 0 Å². The number of sulfone groups is 1. The van der Waals surface area contributed by atoms with Crippen molar-refractivity contribution in [3.05, 3.63) is 34.5 Å². The van der Waals surface area contributed by atoms with Crippen molar-refractivity contribution in [2.75, 3.05) is 6.61 Å². The van der Waals surface area contributed by atoms with E-state index in [2.05, 4.69) is 4.84 Å². The second-order valence-corrected chi connectivity index (χ2v) is 5.08. The maximum Gasteiger partial charge on any atom is 0.205 e. The minimum absolute atomic E-state index is 0.0469. The van der Waals surface area contributed by atoms with Crippen molar-refractivity contribution in [2.45, 2.75) is 4.90 Å². The van der Waals surface area contributed by atoms with Crippen molar-refractivity contribution in [3.8, 4) is 0 Å². The van der Waals surface area contributed by atoms with Gasteiger partial charge in [-0.2, -0.15) is 0 Å². The molecule has 1 aliphatic heterocycles. The zero-order chi connectivity index (χ0) is 11.1. The van der Waals surface area contributed by atoms with Crippen molar-refractivity contribution in [3.63, 3.8) is 0 Å². The van der Waals surface area contributed by atoms with Crippen molar-refractivity contribution >= 4 is 15.9 Å². The van der Waals surface area contributed by atoms with Gasteiger partial charge in [0.1, 0.15) is 12.4 Å². The summed E-state index contributed by atoms with van der Waals surface area (Å²) in [4.78, 5) is 4.42. The van der Waals surface area contributed by atoms with Crippen LogP contribution in [-0.2, 0) is 14.7 Å². The van der Waals surface area contributed by atoms with Crippen LogP contribution in [0.4, 0.5) is 4.39 Å². The molecular formula is C9H8FNO3S. The summed E-state index contributed by atoms with van der Waals surface area (Å²) in [6.45, 7) is -0.210. The first kappa shape index (κ1) is 10.3. The zero-order valence-corrected chi connectivity index (χ0v) is 8.42. The highest BCUT2D eigenvalue weighted by atomic mass is 32.2. The second kappa shape index (κ2) is 3.41. The molecule has 15 heavy (non-hydrogen) atoms. The third-order valence-electron chi connectivity index (χ3n) is 2.15. The maximum atomic E-state index is 12.8. The summed E-state index contributed by atoms with van der Waals surface area (Å²) < 4.78 is 36.4. The molecule has 0 amide bonds. The van der Waals surface area contributed by atoms with Crippen LogP contribution in [0.2, 0.25) is 0 Å². The molecule has 0 radical (unpaired) electrons. The van der Waals surface area contributed by atoms with Gasteiger partial charge in [-0.3, -0.25) is 4.84 Å². The van der Waals surface area contributed by atoms with E-state index in [1.165, 1.54) is 12.1 Å². The van der Waals surface area contributed by atoms with Gasteiger partial charge >= 0.3 is 0 Å². The lowest BCUT2D eigenvalue weighted by atomic mass is 10.2. The van der Waals surface area contributed by atoms with Crippen LogP contribution in [0.5, 0.6) is 0 Å². The van der Waals surface area contributed by atoms with Crippen LogP contribution in [0.25, 0.3) is 6.08 Å². The molecule has 80 valence electrons. The quantitative estimate of drug-likeness (QED) is 0.602. The highest BCUT2D eigenvalue weighted by molar-refractivity contribution is 7.95. The number of halogens is 1. The normalized spacial score (nSPS) is 17.3. The zero-order valence-electron chi connectivity index (χ0n) is 7.60. The van der Waals surface area contributed by atoms with Gasteiger partial charge in [-0.15, -0.1) is 0 Å². The van der Waals surface area contributed by atoms with Gasteiger partial charge in [-0.1, -0.05) is 0 Å². The summed E-state index contributed by atoms with van der Waals surface area (Å²) in [7, 11) is -3.54. The third kappa shape index (κ3) is 1.56. The fourth-order valence-electron chi connectivity index (χ4n) is 1.47. The smallest absolute Gasteiger partial charge is 0.205 e. The molecule has 0 saturated carbocycles. The molecule has 0 saturated heterocycles. The summed E-state index contributed by atoms with van der Waals surface area (Å²) in [5.41, 5.74) is 0.335. The predicted octanol–water partition coefficient (Wildman–Crippen LogP) is 0.844. The molecular weight excluding hydrogens is 221 g/mol. The molecule has 4 nitrogen and oxygen atoms in total. The molecule has 0 atom stereocenters. The molecule has 2 N–H and O–H groups in total. The molecule has 0 bridgehead atoms. The van der Waals surface area contributed by atoms with E-state index in [9.17, 15) is 12.8 Å². The van der Waals surface area contributed by atoms with E-state index < -0.39 is 15.7 Å². The fourth-order valence-corrected chi connectivity index (χ4v) is 2.93. The second-order valence-electron chi connectivity index (χ2n) is 3.11. The lowest BCUT2D eigenvalue weighted by molar-refractivity contribution is 0.166. The highest BCUT2D eigenvalue weighted by Gasteiger charge is 2.29. The number of rotatable bonds is 2. The third-order valence-corrected chi connectivity index (χ3v) is 4.03. The largest absolute Gasteiger partial charge is 0.299 e. The Morgan fingerprint density at radius 1 is 1.40 bits per heavy atom. The molecule has 0 aliphatic carbocycles. The van der Waals surface area contributed by atoms with Gasteiger partial charge < -0.3 is 0 Å². The van der Waals surface area contributed by atoms with Crippen molar-refractivity contribution in [1.82, 2.24) is 0 Å². The first-order chi connectivity index (χ1) is 7.05. The SMILES string of the molecule is NOCC1=Cc2cc(F)ccc2S1(=O)=O. The van der Waals surface area contributed by atoms with Crippen LogP contribution in [0.1, 0.15) is 5.56 Å². The molecule has 0 spiro atoms. The van der Waals surface area contributed by atoms with E-state index in [0.29, 0.717) is 5.56 Å². The van der Waals surface area contributed by atoms with E-state index >= 15 is 0 Å². The van der Waals surface area contributed by atoms with Gasteiger partial charge in [0.05, 0.1) is 9.80 Å². The van der Waals surface area contributed by atoms with Crippen molar-refractivity contribution in [1.29, 1.82) is 0 Å². The van der Waals surface area contributed by atoms with Crippen LogP contribution in [0, 0.1) is 5.82 Å². The standard InChI is InChI=1S/C9H8FNO3S/c10-7-1-2-9-6(3-7)4-8(5-14-11)15(9,12)13/h1-4H,5,11H2. The highest BCUT2D eigenvalue weighted by Crippen LogP contribution is 2.32. The van der Waals surface area contributed by atoms with E-state index in [-0.39, 0.29) is 16.4 Å². The Kier molecular flexibility index (Phi) is 2.34. The van der Waals surface area contributed by atoms with Crippen LogP contribution in [-0.4, -0.2) is 15.0 Å². The molecule has 2 rings (SSSR count). The Bertz CT molecular complexity index is 536. The number of nitrogens with two attached hydrogens (primary N) is 1. The van der Waals surface area contributed by atoms with Gasteiger partial charge in [0.25, 0.3) is 0 Å². The van der Waals surface area contributed by atoms with Crippen molar-refractivity contribution in [2.24, 2.45) is 5.90 Å². The minimum Gasteiger partial charge on any atom is -0.299 e. The van der Waals surface area contributed by atoms with Gasteiger partial charge in [0.2, 0.25) is 9.84 Å². The first-order valence-electron chi connectivity index (χ1n) is 4.12. The lowest BCUT2D eigenvalue weighted by Crippen LogP contribution is -2.09. The van der Waals surface area contributed by atoms with Gasteiger partial charge in [0, 0.05) is 0 Å². The predicted molar refractivity (Wildman–Crippen MR) is 51.7 cm³/mol. The average Bonchev–Trinajstić information content (AvgIpc) is 2.39. The van der Waals surface area contributed by atoms with Gasteiger partial charge in [0.15, 0.2) is 0 Å². The Labute approximate surface area is 86.0 Å². The Morgan fingerprint density at radius 3 is 2.80 bits per heavy atom. The molecule has 0 aromatic heterocycles. The molecule has 1 aromatic carbocycles. The van der Waals surface area contributed by atoms with Gasteiger partial charge in [-0.05, 0) is 29.8 Å². The van der Waals surface area contributed by atoms with E-state index in [4.69, 9.17) is 5.90 Å². The van der Waals surface area contributed by atoms with Crippen LogP contribution in [0.3, 0.4) is 0 Å². The Balaban J connectivity index is 2.58. The molecule has 1 heterocycles. The van der Waals surface area contributed by atoms with Gasteiger partial charge in [-0.25, -0.2) is 18.7 Å². The average molecular weight is 229 g/mol. The fraction of sp³-hybridized carbons (Fsp3) is 0.111. The maximum absolute atomic E-state index is 12.8. The summed E-state index contributed by atoms with van der Waals surface area (Å²) in [6, 6.07) is 3.51. The molecule has 0 unspecified atom stereocenters. The lowest BCUT2D eigenvalue weighted by Gasteiger charge is -2.01. The van der Waals surface area contributed by atoms with Crippen LogP contribution in [0.15, 0.2) is 28.0 Å². The Hall–Kier alpha value is -1.24. The van der Waals surface area contributed by atoms with Crippen LogP contribution >= 0.6 is 0 Å². The summed E-state index contributed by atoms with van der Waals surface area (Å²) >= 11 is 0. The molecule has 6 heteroatoms. The molecule has 1 aromatic rings. The molecule has 1 aliphatic rings. The number of benzene rings is 1. The topological polar surface area (TPSA) is 69.4 Å². The van der Waals surface area contributed by atoms with Crippen LogP contribution < -0.4 is 5.90 Å². The van der Waals surface area contributed by atoms with Crippen molar-refractivity contribution < 1.29 is 17.6 Å².